The average Bonchev–Trinajstić information content (AvgIpc) is 2.74. The van der Waals surface area contributed by atoms with Gasteiger partial charge in [0.2, 0.25) is 0 Å². The summed E-state index contributed by atoms with van der Waals surface area (Å²) in [5, 5.41) is 9.70. The number of hydrogen-bond donors (Lipinski definition) is 1. The predicted octanol–water partition coefficient (Wildman–Crippen LogP) is 2.14. The van der Waals surface area contributed by atoms with Crippen molar-refractivity contribution in [3.63, 3.8) is 0 Å². The van der Waals surface area contributed by atoms with Crippen LogP contribution in [-0.2, 0) is 0 Å². The second-order valence-corrected chi connectivity index (χ2v) is 4.48. The van der Waals surface area contributed by atoms with E-state index in [2.05, 4.69) is 35.7 Å². The highest BCUT2D eigenvalue weighted by molar-refractivity contribution is 6.45. The quantitative estimate of drug-likeness (QED) is 0.616. The standard InChI is InChI=1S/C13H18BNO/c1-3-13-9-12(10-15(13)14(2)16)11-7-5-4-6-8-11/h3-8,12-13,16H,1,9-10H2,2H3. The van der Waals surface area contributed by atoms with E-state index in [0.717, 1.165) is 13.0 Å². The molecule has 0 bridgehead atoms. The van der Waals surface area contributed by atoms with E-state index in [9.17, 15) is 5.02 Å². The molecule has 2 nitrogen and oxygen atoms in total. The van der Waals surface area contributed by atoms with E-state index >= 15 is 0 Å². The SMILES string of the molecule is C=CC1CC(c2ccccc2)CN1B(C)O. The van der Waals surface area contributed by atoms with E-state index in [1.807, 2.05) is 19.0 Å². The minimum Gasteiger partial charge on any atom is -0.437 e. The second kappa shape index (κ2) is 4.85. The number of benzene rings is 1. The van der Waals surface area contributed by atoms with Gasteiger partial charge in [0, 0.05) is 6.04 Å². The molecular weight excluding hydrogens is 197 g/mol. The van der Waals surface area contributed by atoms with Crippen molar-refractivity contribution in [2.45, 2.75) is 25.2 Å². The average molecular weight is 215 g/mol. The minimum absolute atomic E-state index is 0.296. The summed E-state index contributed by atoms with van der Waals surface area (Å²) >= 11 is 0. The van der Waals surface area contributed by atoms with Gasteiger partial charge >= 0.3 is 7.05 Å². The first-order valence-corrected chi connectivity index (χ1v) is 5.83. The van der Waals surface area contributed by atoms with Crippen molar-refractivity contribution in [1.82, 2.24) is 4.81 Å². The first kappa shape index (κ1) is 11.4. The molecule has 0 aliphatic carbocycles. The van der Waals surface area contributed by atoms with Crippen molar-refractivity contribution in [2.24, 2.45) is 0 Å². The van der Waals surface area contributed by atoms with Crippen molar-refractivity contribution in [3.8, 4) is 0 Å². The van der Waals surface area contributed by atoms with Gasteiger partial charge in [-0.1, -0.05) is 36.4 Å². The molecule has 2 unspecified atom stereocenters. The first-order chi connectivity index (χ1) is 7.72. The molecule has 0 aromatic heterocycles. The Morgan fingerprint density at radius 3 is 2.62 bits per heavy atom. The Kier molecular flexibility index (Phi) is 3.47. The van der Waals surface area contributed by atoms with Crippen LogP contribution in [0.2, 0.25) is 6.82 Å². The van der Waals surface area contributed by atoms with E-state index in [1.54, 1.807) is 0 Å². The molecule has 0 saturated carbocycles. The molecule has 2 rings (SSSR count). The summed E-state index contributed by atoms with van der Waals surface area (Å²) in [7, 11) is -0.392. The molecule has 1 aliphatic rings. The molecule has 1 saturated heterocycles. The van der Waals surface area contributed by atoms with Crippen molar-refractivity contribution < 1.29 is 5.02 Å². The van der Waals surface area contributed by atoms with E-state index in [4.69, 9.17) is 0 Å². The molecule has 84 valence electrons. The van der Waals surface area contributed by atoms with E-state index in [1.165, 1.54) is 5.56 Å². The Balaban J connectivity index is 2.14. The maximum absolute atomic E-state index is 9.70. The number of nitrogens with zero attached hydrogens (tertiary/aromatic N) is 1. The molecule has 1 aromatic rings. The van der Waals surface area contributed by atoms with Crippen LogP contribution in [0.15, 0.2) is 43.0 Å². The molecule has 1 N–H and O–H groups in total. The lowest BCUT2D eigenvalue weighted by atomic mass is 9.84. The van der Waals surface area contributed by atoms with Crippen molar-refractivity contribution >= 4 is 7.05 Å². The smallest absolute Gasteiger partial charge is 0.376 e. The molecule has 0 spiro atoms. The Labute approximate surface area is 97.7 Å². The maximum Gasteiger partial charge on any atom is 0.376 e. The van der Waals surface area contributed by atoms with Crippen LogP contribution < -0.4 is 0 Å². The highest BCUT2D eigenvalue weighted by atomic mass is 16.2. The number of hydrogen-bond acceptors (Lipinski definition) is 2. The van der Waals surface area contributed by atoms with Crippen LogP contribution in [0.5, 0.6) is 0 Å². The van der Waals surface area contributed by atoms with Gasteiger partial charge in [-0.3, -0.25) is 0 Å². The first-order valence-electron chi connectivity index (χ1n) is 5.83. The molecule has 16 heavy (non-hydrogen) atoms. The molecule has 1 aromatic carbocycles. The summed E-state index contributed by atoms with van der Waals surface area (Å²) in [6, 6.07) is 10.8. The monoisotopic (exact) mass is 215 g/mol. The molecule has 0 radical (unpaired) electrons. The Morgan fingerprint density at radius 2 is 2.12 bits per heavy atom. The third-order valence-electron chi connectivity index (χ3n) is 3.41. The largest absolute Gasteiger partial charge is 0.437 e. The van der Waals surface area contributed by atoms with Crippen LogP contribution in [0.3, 0.4) is 0 Å². The van der Waals surface area contributed by atoms with Gasteiger partial charge in [0.25, 0.3) is 0 Å². The maximum atomic E-state index is 9.70. The Morgan fingerprint density at radius 1 is 1.44 bits per heavy atom. The van der Waals surface area contributed by atoms with Gasteiger partial charge < -0.3 is 9.83 Å². The molecule has 1 aliphatic heterocycles. The van der Waals surface area contributed by atoms with Gasteiger partial charge in [-0.05, 0) is 31.3 Å². The third kappa shape index (κ3) is 2.20. The van der Waals surface area contributed by atoms with Crippen molar-refractivity contribution in [1.29, 1.82) is 0 Å². The van der Waals surface area contributed by atoms with Crippen LogP contribution in [0.4, 0.5) is 0 Å². The van der Waals surface area contributed by atoms with Gasteiger partial charge in [0.15, 0.2) is 0 Å². The fourth-order valence-corrected chi connectivity index (χ4v) is 2.52. The number of rotatable bonds is 3. The molecule has 2 atom stereocenters. The summed E-state index contributed by atoms with van der Waals surface area (Å²) < 4.78 is 0. The summed E-state index contributed by atoms with van der Waals surface area (Å²) in [5.74, 6) is 0.513. The molecular formula is C13H18BNO. The fourth-order valence-electron chi connectivity index (χ4n) is 2.52. The molecule has 1 fully saturated rings. The van der Waals surface area contributed by atoms with Crippen LogP contribution in [-0.4, -0.2) is 29.5 Å². The minimum atomic E-state index is -0.392. The van der Waals surface area contributed by atoms with Crippen molar-refractivity contribution in [3.05, 3.63) is 48.6 Å². The van der Waals surface area contributed by atoms with Gasteiger partial charge in [0.05, 0.1) is 0 Å². The summed E-state index contributed by atoms with van der Waals surface area (Å²) in [5.41, 5.74) is 1.36. The second-order valence-electron chi connectivity index (χ2n) is 4.48. The zero-order valence-electron chi connectivity index (χ0n) is 9.71. The topological polar surface area (TPSA) is 23.5 Å². The highest BCUT2D eigenvalue weighted by Crippen LogP contribution is 2.32. The van der Waals surface area contributed by atoms with Crippen LogP contribution >= 0.6 is 0 Å². The lowest BCUT2D eigenvalue weighted by molar-refractivity contribution is 0.381. The summed E-state index contributed by atoms with van der Waals surface area (Å²) in [6.45, 7) is 6.59. The lowest BCUT2D eigenvalue weighted by Gasteiger charge is -2.21. The van der Waals surface area contributed by atoms with Gasteiger partial charge in [-0.15, -0.1) is 6.58 Å². The molecule has 0 amide bonds. The molecule has 3 heteroatoms. The Hall–Kier alpha value is -1.06. The van der Waals surface area contributed by atoms with Gasteiger partial charge in [-0.25, -0.2) is 0 Å². The van der Waals surface area contributed by atoms with Gasteiger partial charge in [-0.2, -0.15) is 0 Å². The zero-order valence-corrected chi connectivity index (χ0v) is 9.71. The van der Waals surface area contributed by atoms with Crippen molar-refractivity contribution in [2.75, 3.05) is 6.54 Å². The normalized spacial score (nSPS) is 25.6. The van der Waals surface area contributed by atoms with E-state index in [0.29, 0.717) is 12.0 Å². The molecule has 1 heterocycles. The predicted molar refractivity (Wildman–Crippen MR) is 68.3 cm³/mol. The summed E-state index contributed by atoms with van der Waals surface area (Å²) in [6.07, 6.45) is 2.99. The van der Waals surface area contributed by atoms with Crippen LogP contribution in [0.25, 0.3) is 0 Å². The van der Waals surface area contributed by atoms with E-state index in [-0.39, 0.29) is 0 Å². The highest BCUT2D eigenvalue weighted by Gasteiger charge is 2.34. The third-order valence-corrected chi connectivity index (χ3v) is 3.41. The van der Waals surface area contributed by atoms with Crippen LogP contribution in [0, 0.1) is 0 Å². The van der Waals surface area contributed by atoms with E-state index < -0.39 is 7.05 Å². The van der Waals surface area contributed by atoms with Crippen LogP contribution in [0.1, 0.15) is 17.9 Å². The van der Waals surface area contributed by atoms with Gasteiger partial charge in [0.1, 0.15) is 0 Å². The fraction of sp³-hybridized carbons (Fsp3) is 0.385. The Bertz CT molecular complexity index is 352. The zero-order chi connectivity index (χ0) is 11.5. The summed E-state index contributed by atoms with van der Waals surface area (Å²) in [4.78, 5) is 2.10. The lowest BCUT2D eigenvalue weighted by Crippen LogP contribution is -2.39.